The molecular formula is C19H23ClFN3O4S2. The summed E-state index contributed by atoms with van der Waals surface area (Å²) in [5, 5.41) is 3.02. The number of primary amides is 1. The fourth-order valence-electron chi connectivity index (χ4n) is 3.25. The van der Waals surface area contributed by atoms with Gasteiger partial charge in [0.1, 0.15) is 10.8 Å². The fourth-order valence-corrected chi connectivity index (χ4v) is 5.80. The number of rotatable bonds is 7. The highest BCUT2D eigenvalue weighted by atomic mass is 35.5. The van der Waals surface area contributed by atoms with Crippen LogP contribution >= 0.6 is 23.7 Å². The van der Waals surface area contributed by atoms with Gasteiger partial charge in [-0.1, -0.05) is 6.92 Å². The number of nitrogens with zero attached hydrogens (tertiary/aromatic N) is 1. The van der Waals surface area contributed by atoms with Gasteiger partial charge in [-0.25, -0.2) is 12.8 Å². The van der Waals surface area contributed by atoms with Gasteiger partial charge in [-0.05, 0) is 42.8 Å². The Labute approximate surface area is 184 Å². The Morgan fingerprint density at radius 1 is 1.27 bits per heavy atom. The molecule has 0 saturated carbocycles. The second-order valence-electron chi connectivity index (χ2n) is 6.76. The molecule has 30 heavy (non-hydrogen) atoms. The summed E-state index contributed by atoms with van der Waals surface area (Å²) in [5.41, 5.74) is 6.71. The van der Waals surface area contributed by atoms with Crippen LogP contribution < -0.4 is 11.1 Å². The van der Waals surface area contributed by atoms with Crippen molar-refractivity contribution in [3.63, 3.8) is 0 Å². The molecule has 2 aromatic rings. The lowest BCUT2D eigenvalue weighted by Gasteiger charge is -2.25. The van der Waals surface area contributed by atoms with Crippen molar-refractivity contribution in [1.29, 1.82) is 0 Å². The molecule has 1 aliphatic heterocycles. The molecule has 2 heterocycles. The molecular weight excluding hydrogens is 453 g/mol. The third-order valence-corrected chi connectivity index (χ3v) is 7.72. The molecule has 7 nitrogen and oxygen atoms in total. The highest BCUT2D eigenvalue weighted by Gasteiger charge is 2.27. The zero-order valence-electron chi connectivity index (χ0n) is 16.3. The number of carbonyl (C=O) groups is 2. The van der Waals surface area contributed by atoms with Crippen LogP contribution in [0.2, 0.25) is 0 Å². The van der Waals surface area contributed by atoms with Crippen LogP contribution in [0.15, 0.2) is 29.2 Å². The summed E-state index contributed by atoms with van der Waals surface area (Å²) < 4.78 is 37.6. The lowest BCUT2D eigenvalue weighted by Crippen LogP contribution is -2.30. The van der Waals surface area contributed by atoms with E-state index >= 15 is 0 Å². The smallest absolute Gasteiger partial charge is 0.251 e. The van der Waals surface area contributed by atoms with Gasteiger partial charge < -0.3 is 11.1 Å². The van der Waals surface area contributed by atoms with Crippen molar-refractivity contribution in [2.45, 2.75) is 31.2 Å². The van der Waals surface area contributed by atoms with Gasteiger partial charge in [0, 0.05) is 24.4 Å². The Bertz CT molecular complexity index is 1040. The summed E-state index contributed by atoms with van der Waals surface area (Å²) in [6.45, 7) is 4.43. The number of benzene rings is 1. The molecule has 0 saturated heterocycles. The number of nitrogens with two attached hydrogens (primary N) is 1. The van der Waals surface area contributed by atoms with Gasteiger partial charge in [0.05, 0.1) is 16.2 Å². The zero-order chi connectivity index (χ0) is 21.2. The van der Waals surface area contributed by atoms with Crippen LogP contribution in [-0.2, 0) is 27.6 Å². The molecule has 1 aliphatic rings. The SMILES string of the molecule is CCN1CCc2c(sc(NC(=O)CCS(=O)(=O)c3ccc(F)cc3)c2C(N)=O)C1.Cl. The van der Waals surface area contributed by atoms with E-state index in [1.807, 2.05) is 0 Å². The van der Waals surface area contributed by atoms with Crippen LogP contribution in [0, 0.1) is 5.82 Å². The van der Waals surface area contributed by atoms with Crippen LogP contribution in [0.25, 0.3) is 0 Å². The standard InChI is InChI=1S/C19H22FN3O4S2.ClH/c1-2-23-9-7-14-15(11-23)28-19(17(14)18(21)25)22-16(24)8-10-29(26,27)13-5-3-12(20)4-6-13;/h3-6H,2,7-11H2,1H3,(H2,21,25)(H,22,24);1H. The van der Waals surface area contributed by atoms with Crippen molar-refractivity contribution in [3.8, 4) is 0 Å². The maximum atomic E-state index is 13.0. The number of anilines is 1. The van der Waals surface area contributed by atoms with Gasteiger partial charge in [0.25, 0.3) is 5.91 Å². The van der Waals surface area contributed by atoms with Crippen LogP contribution in [0.4, 0.5) is 9.39 Å². The van der Waals surface area contributed by atoms with Crippen LogP contribution in [0.3, 0.4) is 0 Å². The van der Waals surface area contributed by atoms with Gasteiger partial charge in [0.15, 0.2) is 9.84 Å². The Hall–Kier alpha value is -2.01. The largest absolute Gasteiger partial charge is 0.365 e. The van der Waals surface area contributed by atoms with Crippen LogP contribution in [0.5, 0.6) is 0 Å². The van der Waals surface area contributed by atoms with Crippen LogP contribution in [-0.4, -0.2) is 44.0 Å². The summed E-state index contributed by atoms with van der Waals surface area (Å²) in [6.07, 6.45) is 0.383. The number of thiophene rings is 1. The molecule has 0 radical (unpaired) electrons. The van der Waals surface area contributed by atoms with Crippen molar-refractivity contribution in [2.75, 3.05) is 24.2 Å². The average molecular weight is 476 g/mol. The third kappa shape index (κ3) is 5.37. The zero-order valence-corrected chi connectivity index (χ0v) is 18.8. The molecule has 3 N–H and O–H groups in total. The minimum Gasteiger partial charge on any atom is -0.365 e. The van der Waals surface area contributed by atoms with E-state index in [9.17, 15) is 22.4 Å². The fraction of sp³-hybridized carbons (Fsp3) is 0.368. The van der Waals surface area contributed by atoms with E-state index in [0.29, 0.717) is 23.5 Å². The Morgan fingerprint density at radius 2 is 1.93 bits per heavy atom. The van der Waals surface area contributed by atoms with Crippen molar-refractivity contribution < 1.29 is 22.4 Å². The number of hydrogen-bond acceptors (Lipinski definition) is 6. The Morgan fingerprint density at radius 3 is 2.53 bits per heavy atom. The number of fused-ring (bicyclic) bond motifs is 1. The molecule has 1 aromatic carbocycles. The molecule has 0 atom stereocenters. The van der Waals surface area contributed by atoms with Gasteiger partial charge in [-0.2, -0.15) is 0 Å². The van der Waals surface area contributed by atoms with Gasteiger partial charge >= 0.3 is 0 Å². The third-order valence-electron chi connectivity index (χ3n) is 4.85. The van der Waals surface area contributed by atoms with Gasteiger partial charge in [-0.15, -0.1) is 23.7 Å². The van der Waals surface area contributed by atoms with E-state index in [0.717, 1.165) is 35.7 Å². The number of halogens is 2. The summed E-state index contributed by atoms with van der Waals surface area (Å²) in [4.78, 5) is 27.5. The molecule has 0 unspecified atom stereocenters. The molecule has 3 rings (SSSR count). The number of sulfone groups is 1. The lowest BCUT2D eigenvalue weighted by atomic mass is 10.0. The predicted molar refractivity (Wildman–Crippen MR) is 116 cm³/mol. The summed E-state index contributed by atoms with van der Waals surface area (Å²) in [6, 6.07) is 4.45. The van der Waals surface area contributed by atoms with Gasteiger partial charge in [0.2, 0.25) is 5.91 Å². The van der Waals surface area contributed by atoms with E-state index < -0.39 is 33.2 Å². The highest BCUT2D eigenvalue weighted by molar-refractivity contribution is 7.91. The molecule has 1 aromatic heterocycles. The minimum atomic E-state index is -3.73. The molecule has 0 fully saturated rings. The topological polar surface area (TPSA) is 110 Å². The first kappa shape index (κ1) is 24.3. The van der Waals surface area contributed by atoms with E-state index in [1.165, 1.54) is 23.5 Å². The Balaban J connectivity index is 0.00000320. The van der Waals surface area contributed by atoms with Crippen molar-refractivity contribution in [1.82, 2.24) is 4.90 Å². The number of nitrogens with one attached hydrogen (secondary N) is 1. The molecule has 2 amide bonds. The molecule has 0 spiro atoms. The van der Waals surface area contributed by atoms with Crippen molar-refractivity contribution in [3.05, 3.63) is 46.1 Å². The minimum absolute atomic E-state index is 0. The summed E-state index contributed by atoms with van der Waals surface area (Å²) >= 11 is 1.30. The van der Waals surface area contributed by atoms with Gasteiger partial charge in [-0.3, -0.25) is 14.5 Å². The number of hydrogen-bond donors (Lipinski definition) is 2. The van der Waals surface area contributed by atoms with E-state index in [4.69, 9.17) is 5.73 Å². The van der Waals surface area contributed by atoms with Crippen LogP contribution in [0.1, 0.15) is 34.1 Å². The number of carbonyl (C=O) groups excluding carboxylic acids is 2. The molecule has 0 aliphatic carbocycles. The van der Waals surface area contributed by atoms with Crippen molar-refractivity contribution >= 4 is 50.4 Å². The quantitative estimate of drug-likeness (QED) is 0.598. The summed E-state index contributed by atoms with van der Waals surface area (Å²) in [5.74, 6) is -2.10. The Kier molecular flexibility index (Phi) is 7.98. The molecule has 11 heteroatoms. The summed E-state index contributed by atoms with van der Waals surface area (Å²) in [7, 11) is -3.73. The first-order valence-electron chi connectivity index (χ1n) is 9.16. The van der Waals surface area contributed by atoms with Crippen molar-refractivity contribution in [2.24, 2.45) is 5.73 Å². The maximum absolute atomic E-state index is 13.0. The molecule has 164 valence electrons. The molecule has 0 bridgehead atoms. The first-order valence-corrected chi connectivity index (χ1v) is 11.6. The monoisotopic (exact) mass is 475 g/mol. The maximum Gasteiger partial charge on any atom is 0.251 e. The highest BCUT2D eigenvalue weighted by Crippen LogP contribution is 2.37. The first-order chi connectivity index (χ1) is 13.7. The second kappa shape index (κ2) is 9.86. The van der Waals surface area contributed by atoms with E-state index in [1.54, 1.807) is 0 Å². The number of amides is 2. The normalized spacial score (nSPS) is 13.9. The average Bonchev–Trinajstić information content (AvgIpc) is 3.03. The van der Waals surface area contributed by atoms with E-state index in [-0.39, 0.29) is 23.7 Å². The predicted octanol–water partition coefficient (Wildman–Crippen LogP) is 2.59. The second-order valence-corrected chi connectivity index (χ2v) is 9.98. The lowest BCUT2D eigenvalue weighted by molar-refractivity contribution is -0.115. The number of likely N-dealkylation sites (N-methyl/N-ethyl adjacent to an activating group) is 1. The van der Waals surface area contributed by atoms with E-state index in [2.05, 4.69) is 17.1 Å².